The molecule has 0 saturated carbocycles. The molecule has 0 aliphatic carbocycles. The van der Waals surface area contributed by atoms with Gasteiger partial charge in [0.15, 0.2) is 0 Å². The number of amides is 1. The first kappa shape index (κ1) is 20.4. The number of aromatic nitrogens is 3. The number of alkyl halides is 3. The monoisotopic (exact) mass is 436 g/mol. The van der Waals surface area contributed by atoms with Crippen molar-refractivity contribution in [2.24, 2.45) is 0 Å². The van der Waals surface area contributed by atoms with Gasteiger partial charge in [-0.1, -0.05) is 23.7 Å². The Morgan fingerprint density at radius 3 is 2.67 bits per heavy atom. The number of imidazole rings is 1. The summed E-state index contributed by atoms with van der Waals surface area (Å²) in [6, 6.07) is 7.81. The van der Waals surface area contributed by atoms with Crippen molar-refractivity contribution in [1.82, 2.24) is 19.4 Å². The molecule has 30 heavy (non-hydrogen) atoms. The number of carbonyl (C=O) groups is 1. The average molecular weight is 437 g/mol. The van der Waals surface area contributed by atoms with Gasteiger partial charge in [0.25, 0.3) is 5.91 Å². The first-order valence-electron chi connectivity index (χ1n) is 9.08. The number of rotatable bonds is 3. The Hall–Kier alpha value is -2.91. The number of pyridine rings is 1. The molecule has 0 fully saturated rings. The van der Waals surface area contributed by atoms with Crippen LogP contribution in [0.2, 0.25) is 5.02 Å². The van der Waals surface area contributed by atoms with E-state index in [1.807, 2.05) is 6.07 Å². The topological polar surface area (TPSA) is 71.2 Å². The Labute approximate surface area is 174 Å². The summed E-state index contributed by atoms with van der Waals surface area (Å²) in [4.78, 5) is 23.0. The maximum absolute atomic E-state index is 13.2. The largest absolute Gasteiger partial charge is 0.417 e. The van der Waals surface area contributed by atoms with E-state index in [2.05, 4.69) is 9.97 Å². The van der Waals surface area contributed by atoms with E-state index in [4.69, 9.17) is 11.6 Å². The Morgan fingerprint density at radius 1 is 1.20 bits per heavy atom. The van der Waals surface area contributed by atoms with Crippen molar-refractivity contribution >= 4 is 17.5 Å². The highest BCUT2D eigenvalue weighted by molar-refractivity contribution is 6.34. The molecule has 1 aliphatic rings. The van der Waals surface area contributed by atoms with E-state index in [-0.39, 0.29) is 12.1 Å². The molecule has 1 aliphatic heterocycles. The van der Waals surface area contributed by atoms with Crippen molar-refractivity contribution in [1.29, 1.82) is 0 Å². The second-order valence-corrected chi connectivity index (χ2v) is 7.12. The van der Waals surface area contributed by atoms with Crippen LogP contribution in [-0.2, 0) is 12.6 Å². The summed E-state index contributed by atoms with van der Waals surface area (Å²) < 4.78 is 41.3. The normalized spacial score (nSPS) is 16.4. The molecule has 1 atom stereocenters. The maximum Gasteiger partial charge on any atom is 0.417 e. The third-order valence-electron chi connectivity index (χ3n) is 5.04. The van der Waals surface area contributed by atoms with Gasteiger partial charge in [-0.05, 0) is 24.3 Å². The molecule has 1 unspecified atom stereocenters. The lowest BCUT2D eigenvalue weighted by atomic mass is 10.0. The van der Waals surface area contributed by atoms with Gasteiger partial charge in [0, 0.05) is 19.2 Å². The fourth-order valence-corrected chi connectivity index (χ4v) is 3.95. The number of fused-ring (bicyclic) bond motifs is 1. The molecule has 1 N–H and O–H groups in total. The van der Waals surface area contributed by atoms with Gasteiger partial charge in [-0.15, -0.1) is 0 Å². The van der Waals surface area contributed by atoms with Crippen LogP contribution in [0.1, 0.15) is 33.4 Å². The third-order valence-corrected chi connectivity index (χ3v) is 5.45. The van der Waals surface area contributed by atoms with Gasteiger partial charge in [-0.25, -0.2) is 9.97 Å². The lowest BCUT2D eigenvalue weighted by Gasteiger charge is -2.34. The molecule has 0 bridgehead atoms. The number of benzene rings is 1. The molecule has 1 amide bonds. The second kappa shape index (κ2) is 7.73. The van der Waals surface area contributed by atoms with Crippen molar-refractivity contribution in [3.8, 4) is 5.82 Å². The van der Waals surface area contributed by atoms with Gasteiger partial charge in [0.2, 0.25) is 0 Å². The molecule has 10 heteroatoms. The van der Waals surface area contributed by atoms with E-state index < -0.39 is 35.3 Å². The van der Waals surface area contributed by atoms with Crippen molar-refractivity contribution in [3.63, 3.8) is 0 Å². The lowest BCUT2D eigenvalue weighted by Crippen LogP contribution is -2.42. The van der Waals surface area contributed by atoms with E-state index in [9.17, 15) is 23.1 Å². The van der Waals surface area contributed by atoms with Crippen LogP contribution in [0.4, 0.5) is 13.2 Å². The van der Waals surface area contributed by atoms with Gasteiger partial charge < -0.3 is 10.0 Å². The molecule has 4 rings (SSSR count). The Morgan fingerprint density at radius 2 is 2.00 bits per heavy atom. The summed E-state index contributed by atoms with van der Waals surface area (Å²) in [6.07, 6.45) is -1.09. The number of aliphatic hydroxyl groups is 1. The summed E-state index contributed by atoms with van der Waals surface area (Å²) in [6.45, 7) is -0.253. The molecule has 0 spiro atoms. The third kappa shape index (κ3) is 3.44. The summed E-state index contributed by atoms with van der Waals surface area (Å²) in [5.74, 6) is -0.0492. The summed E-state index contributed by atoms with van der Waals surface area (Å²) in [5.41, 5.74) is -0.0805. The molecule has 1 aromatic carbocycles. The molecular formula is C20H16ClF3N4O2. The molecule has 2 aromatic heterocycles. The molecule has 0 saturated heterocycles. The van der Waals surface area contributed by atoms with Gasteiger partial charge in [0.1, 0.15) is 12.1 Å². The number of nitrogens with zero attached hydrogens (tertiary/aromatic N) is 4. The van der Waals surface area contributed by atoms with Crippen LogP contribution < -0.4 is 0 Å². The first-order chi connectivity index (χ1) is 14.3. The van der Waals surface area contributed by atoms with Crippen LogP contribution in [0, 0.1) is 0 Å². The highest BCUT2D eigenvalue weighted by atomic mass is 35.5. The number of carbonyl (C=O) groups excluding carboxylic acids is 1. The summed E-state index contributed by atoms with van der Waals surface area (Å²) in [5, 5.41) is 9.31. The predicted molar refractivity (Wildman–Crippen MR) is 102 cm³/mol. The fourth-order valence-electron chi connectivity index (χ4n) is 3.64. The Kier molecular flexibility index (Phi) is 5.25. The van der Waals surface area contributed by atoms with Crippen LogP contribution in [0.3, 0.4) is 0 Å². The number of aliphatic hydroxyl groups excluding tert-OH is 1. The van der Waals surface area contributed by atoms with E-state index in [1.54, 1.807) is 29.2 Å². The molecule has 6 nitrogen and oxygen atoms in total. The van der Waals surface area contributed by atoms with E-state index in [1.165, 1.54) is 11.0 Å². The number of hydrogen-bond acceptors (Lipinski definition) is 4. The van der Waals surface area contributed by atoms with Crippen LogP contribution in [0.25, 0.3) is 5.82 Å². The zero-order valence-corrected chi connectivity index (χ0v) is 16.2. The minimum Gasteiger partial charge on any atom is -0.394 e. The van der Waals surface area contributed by atoms with E-state index in [0.29, 0.717) is 17.9 Å². The van der Waals surface area contributed by atoms with E-state index in [0.717, 1.165) is 17.8 Å². The minimum absolute atomic E-state index is 0.183. The molecule has 0 radical (unpaired) electrons. The zero-order chi connectivity index (χ0) is 21.5. The van der Waals surface area contributed by atoms with Gasteiger partial charge in [0.05, 0.1) is 40.2 Å². The predicted octanol–water partition coefficient (Wildman–Crippen LogP) is 3.67. The molecular weight excluding hydrogens is 421 g/mol. The quantitative estimate of drug-likeness (QED) is 0.680. The second-order valence-electron chi connectivity index (χ2n) is 6.75. The summed E-state index contributed by atoms with van der Waals surface area (Å²) in [7, 11) is 0. The number of halogens is 4. The highest BCUT2D eigenvalue weighted by Crippen LogP contribution is 2.38. The van der Waals surface area contributed by atoms with Crippen molar-refractivity contribution in [3.05, 3.63) is 76.5 Å². The molecule has 156 valence electrons. The average Bonchev–Trinajstić information content (AvgIpc) is 3.16. The molecule has 3 heterocycles. The molecule has 3 aromatic rings. The van der Waals surface area contributed by atoms with Crippen molar-refractivity contribution < 1.29 is 23.1 Å². The highest BCUT2D eigenvalue weighted by Gasteiger charge is 2.38. The maximum atomic E-state index is 13.2. The smallest absolute Gasteiger partial charge is 0.394 e. The van der Waals surface area contributed by atoms with Crippen LogP contribution >= 0.6 is 11.6 Å². The lowest BCUT2D eigenvalue weighted by molar-refractivity contribution is -0.137. The van der Waals surface area contributed by atoms with Crippen LogP contribution in [0.5, 0.6) is 0 Å². The summed E-state index contributed by atoms with van der Waals surface area (Å²) >= 11 is 5.92. The number of hydrogen-bond donors (Lipinski definition) is 1. The van der Waals surface area contributed by atoms with E-state index >= 15 is 0 Å². The zero-order valence-electron chi connectivity index (χ0n) is 15.5. The minimum atomic E-state index is -4.68. The Balaban J connectivity index is 1.70. The Bertz CT molecular complexity index is 1090. The van der Waals surface area contributed by atoms with Gasteiger partial charge >= 0.3 is 6.18 Å². The van der Waals surface area contributed by atoms with Crippen molar-refractivity contribution in [2.75, 3.05) is 13.2 Å². The van der Waals surface area contributed by atoms with Crippen LogP contribution in [-0.4, -0.2) is 43.6 Å². The van der Waals surface area contributed by atoms with Gasteiger partial charge in [-0.2, -0.15) is 13.2 Å². The fraction of sp³-hybridized carbons (Fsp3) is 0.250. The van der Waals surface area contributed by atoms with Crippen molar-refractivity contribution in [2.45, 2.75) is 18.6 Å². The standard InChI is InChI=1S/C20H16ClF3N4O2/c21-17-12(4-3-5-13(17)20(22,23)24)19(30)27-9-7-14-18(15(27)10-29)26-11-28(14)16-6-1-2-8-25-16/h1-6,8,11,15,29H,7,9-10H2. The van der Waals surface area contributed by atoms with Crippen LogP contribution in [0.15, 0.2) is 48.9 Å². The van der Waals surface area contributed by atoms with Gasteiger partial charge in [-0.3, -0.25) is 9.36 Å². The first-order valence-corrected chi connectivity index (χ1v) is 9.45. The SMILES string of the molecule is O=C(c1cccc(C(F)(F)F)c1Cl)N1CCc2c(ncn2-c2ccccn2)C1CO.